The fraction of sp³-hybridized carbons (Fsp3) is 0.481. The summed E-state index contributed by atoms with van der Waals surface area (Å²) in [5.74, 6) is -2.20. The number of aliphatic carboxylic acids is 1. The highest BCUT2D eigenvalue weighted by molar-refractivity contribution is 6.05. The number of rotatable bonds is 9. The first-order valence-electron chi connectivity index (χ1n) is 13.2. The van der Waals surface area contributed by atoms with Crippen molar-refractivity contribution >= 4 is 28.6 Å². The largest absolute Gasteiger partial charge is 0.496 e. The van der Waals surface area contributed by atoms with Crippen LogP contribution in [0.3, 0.4) is 0 Å². The van der Waals surface area contributed by atoms with Crippen molar-refractivity contribution < 1.29 is 33.4 Å². The Morgan fingerprint density at radius 3 is 2.60 bits per heavy atom. The van der Waals surface area contributed by atoms with E-state index in [1.807, 2.05) is 6.92 Å². The Kier molecular flexibility index (Phi) is 7.55. The Balaban J connectivity index is 1.49. The van der Waals surface area contributed by atoms with E-state index in [4.69, 9.17) is 15.2 Å². The Bertz CT molecular complexity index is 1450. The van der Waals surface area contributed by atoms with Crippen molar-refractivity contribution in [2.45, 2.75) is 57.3 Å². The van der Waals surface area contributed by atoms with Gasteiger partial charge in [-0.3, -0.25) is 14.4 Å². The molecule has 3 atom stereocenters. The third-order valence-electron chi connectivity index (χ3n) is 7.95. The van der Waals surface area contributed by atoms with E-state index in [9.17, 15) is 23.9 Å². The van der Waals surface area contributed by atoms with Crippen LogP contribution in [0.25, 0.3) is 22.2 Å². The van der Waals surface area contributed by atoms with Gasteiger partial charge >= 0.3 is 5.97 Å². The molecule has 4 N–H and O–H groups in total. The molecule has 0 unspecified atom stereocenters. The van der Waals surface area contributed by atoms with Gasteiger partial charge in [-0.1, -0.05) is 6.92 Å². The first kappa shape index (κ1) is 27.3. The molecular weight excluding hydrogens is 523 g/mol. The number of amides is 2. The number of hydrogen-bond acceptors (Lipinski definition) is 8. The zero-order valence-electron chi connectivity index (χ0n) is 22.2. The molecule has 2 fully saturated rings. The fourth-order valence-electron chi connectivity index (χ4n) is 5.65. The highest BCUT2D eigenvalue weighted by atomic mass is 19.1. The molecule has 3 heterocycles. The van der Waals surface area contributed by atoms with Crippen molar-refractivity contribution in [1.82, 2.24) is 25.1 Å². The number of nitrogens with two attached hydrogens (primary N) is 1. The number of hydrogen-bond donors (Lipinski definition) is 3. The number of nitrogens with one attached hydrogen (secondary N) is 1. The monoisotopic (exact) mass is 554 g/mol. The second-order valence-corrected chi connectivity index (χ2v) is 10.2. The molecule has 5 rings (SSSR count). The van der Waals surface area contributed by atoms with E-state index in [1.54, 1.807) is 23.1 Å². The molecule has 0 bridgehead atoms. The number of primary amides is 1. The van der Waals surface area contributed by atoms with Crippen molar-refractivity contribution in [3.8, 4) is 23.0 Å². The number of pyridine rings is 1. The van der Waals surface area contributed by atoms with Crippen LogP contribution in [0.2, 0.25) is 0 Å². The maximum Gasteiger partial charge on any atom is 0.306 e. The van der Waals surface area contributed by atoms with Crippen LogP contribution in [0.5, 0.6) is 11.6 Å². The van der Waals surface area contributed by atoms with Crippen molar-refractivity contribution in [3.05, 3.63) is 30.2 Å². The summed E-state index contributed by atoms with van der Waals surface area (Å²) < 4.78 is 27.4. The number of methoxy groups -OCH3 is 1. The molecule has 2 aromatic heterocycles. The van der Waals surface area contributed by atoms with E-state index in [2.05, 4.69) is 20.4 Å². The first-order valence-corrected chi connectivity index (χ1v) is 13.2. The van der Waals surface area contributed by atoms with Crippen LogP contribution >= 0.6 is 0 Å². The van der Waals surface area contributed by atoms with Gasteiger partial charge in [-0.2, -0.15) is 5.10 Å². The van der Waals surface area contributed by atoms with Crippen molar-refractivity contribution in [3.63, 3.8) is 0 Å². The zero-order valence-corrected chi connectivity index (χ0v) is 22.2. The summed E-state index contributed by atoms with van der Waals surface area (Å²) in [5.41, 5.74) is 6.29. The molecule has 3 aromatic rings. The van der Waals surface area contributed by atoms with Gasteiger partial charge in [-0.05, 0) is 44.2 Å². The van der Waals surface area contributed by atoms with E-state index < -0.39 is 35.9 Å². The number of carbonyl (C=O) groups is 3. The second kappa shape index (κ2) is 11.1. The van der Waals surface area contributed by atoms with Crippen molar-refractivity contribution in [2.24, 2.45) is 17.6 Å². The number of alkyl halides is 1. The lowest BCUT2D eigenvalue weighted by molar-refractivity contribution is -0.143. The van der Waals surface area contributed by atoms with Crippen LogP contribution in [0.15, 0.2) is 24.7 Å². The first-order chi connectivity index (χ1) is 19.2. The molecule has 2 aliphatic rings. The molecule has 212 valence electrons. The molecule has 1 aliphatic carbocycles. The van der Waals surface area contributed by atoms with E-state index in [1.165, 1.54) is 13.3 Å². The topological polar surface area (TPSA) is 172 Å². The van der Waals surface area contributed by atoms with Crippen molar-refractivity contribution in [1.29, 1.82) is 0 Å². The Morgan fingerprint density at radius 1 is 1.20 bits per heavy atom. The van der Waals surface area contributed by atoms with Crippen LogP contribution < -0.4 is 20.5 Å². The van der Waals surface area contributed by atoms with Gasteiger partial charge in [0, 0.05) is 28.5 Å². The van der Waals surface area contributed by atoms with Gasteiger partial charge in [0.2, 0.25) is 5.88 Å². The summed E-state index contributed by atoms with van der Waals surface area (Å²) in [4.78, 5) is 44.4. The number of carboxylic acid groups (broad SMARTS) is 1. The summed E-state index contributed by atoms with van der Waals surface area (Å²) >= 11 is 0. The molecule has 40 heavy (non-hydrogen) atoms. The molecule has 13 heteroatoms. The summed E-state index contributed by atoms with van der Waals surface area (Å²) in [6.45, 7) is 1.81. The van der Waals surface area contributed by atoms with Crippen LogP contribution in [-0.4, -0.2) is 68.6 Å². The Morgan fingerprint density at radius 2 is 1.95 bits per heavy atom. The van der Waals surface area contributed by atoms with Gasteiger partial charge in [0.1, 0.15) is 18.7 Å². The Hall–Kier alpha value is -4.29. The maximum absolute atomic E-state index is 14.3. The molecule has 1 aliphatic heterocycles. The van der Waals surface area contributed by atoms with Gasteiger partial charge in [0.15, 0.2) is 12.0 Å². The number of aromatic nitrogens is 4. The number of halogens is 1. The van der Waals surface area contributed by atoms with Gasteiger partial charge in [-0.25, -0.2) is 19.0 Å². The van der Waals surface area contributed by atoms with Crippen molar-refractivity contribution in [2.75, 3.05) is 13.7 Å². The zero-order chi connectivity index (χ0) is 28.6. The maximum atomic E-state index is 14.3. The number of nitrogens with zero attached hydrogens (tertiary/aromatic N) is 4. The molecule has 2 amide bonds. The molecule has 1 saturated carbocycles. The predicted octanol–water partition coefficient (Wildman–Crippen LogP) is 2.66. The molecule has 1 saturated heterocycles. The molecular formula is C27H31FN6O6. The minimum atomic E-state index is -1.59. The Labute approximate surface area is 229 Å². The fourth-order valence-corrected chi connectivity index (χ4v) is 5.65. The summed E-state index contributed by atoms with van der Waals surface area (Å²) in [7, 11) is 1.41. The van der Waals surface area contributed by atoms with E-state index in [0.717, 1.165) is 0 Å². The molecule has 1 aromatic carbocycles. The highest BCUT2D eigenvalue weighted by Crippen LogP contribution is 2.37. The normalized spacial score (nSPS) is 24.6. The van der Waals surface area contributed by atoms with Crippen LogP contribution in [0.4, 0.5) is 4.39 Å². The number of carboxylic acids is 1. The average Bonchev–Trinajstić information content (AvgIpc) is 3.55. The van der Waals surface area contributed by atoms with Crippen LogP contribution in [-0.2, 0) is 9.59 Å². The number of carbonyl (C=O) groups excluding carboxylic acids is 2. The average molecular weight is 555 g/mol. The predicted molar refractivity (Wildman–Crippen MR) is 141 cm³/mol. The molecule has 0 radical (unpaired) electrons. The van der Waals surface area contributed by atoms with Gasteiger partial charge in [-0.15, -0.1) is 0 Å². The smallest absolute Gasteiger partial charge is 0.306 e. The minimum absolute atomic E-state index is 0.00209. The quantitative estimate of drug-likeness (QED) is 0.360. The third-order valence-corrected chi connectivity index (χ3v) is 7.95. The standard InChI is InChI=1S/C27H31FN6O6/c1-3-15-20(32-25(36)22(15)28)11-40-26-17-9-21(39-2)18(23(29)35)8-16(17)19(10-30-26)24-31-12-34(33-24)14-6-4-13(5-7-14)27(37)38/h8-10,12-15,20,22H,3-7,11H2,1-2H3,(H2,29,35)(H,32,36)(H,37,38)/t13?,14?,15-,20+,22-/m0/s1. The van der Waals surface area contributed by atoms with Crippen LogP contribution in [0, 0.1) is 11.8 Å². The lowest BCUT2D eigenvalue weighted by Gasteiger charge is -2.25. The summed E-state index contributed by atoms with van der Waals surface area (Å²) in [5, 5.41) is 17.6. The van der Waals surface area contributed by atoms with E-state index >= 15 is 0 Å². The number of fused-ring (bicyclic) bond motifs is 1. The lowest BCUT2D eigenvalue weighted by atomic mass is 9.86. The number of ether oxygens (including phenoxy) is 2. The third kappa shape index (κ3) is 5.03. The minimum Gasteiger partial charge on any atom is -0.496 e. The number of benzene rings is 1. The summed E-state index contributed by atoms with van der Waals surface area (Å²) in [6, 6.07) is 2.66. The SMILES string of the molecule is CC[C@@H]1[C@H](F)C(=O)N[C@@H]1COc1ncc(-c2ncn(C3CCC(C(=O)O)CC3)n2)c2cc(C(N)=O)c(OC)cc12. The van der Waals surface area contributed by atoms with E-state index in [0.29, 0.717) is 54.3 Å². The molecule has 0 spiro atoms. The molecule has 12 nitrogen and oxygen atoms in total. The van der Waals surface area contributed by atoms with Gasteiger partial charge < -0.3 is 25.6 Å². The second-order valence-electron chi connectivity index (χ2n) is 10.2. The van der Waals surface area contributed by atoms with E-state index in [-0.39, 0.29) is 35.8 Å². The van der Waals surface area contributed by atoms with Crippen LogP contribution in [0.1, 0.15) is 55.4 Å². The lowest BCUT2D eigenvalue weighted by Crippen LogP contribution is -2.34. The van der Waals surface area contributed by atoms with Gasteiger partial charge in [0.25, 0.3) is 11.8 Å². The highest BCUT2D eigenvalue weighted by Gasteiger charge is 2.42. The van der Waals surface area contributed by atoms with Gasteiger partial charge in [0.05, 0.1) is 30.7 Å². The summed E-state index contributed by atoms with van der Waals surface area (Å²) in [6.07, 6.45) is 4.48.